The highest BCUT2D eigenvalue weighted by atomic mass is 32.2. The summed E-state index contributed by atoms with van der Waals surface area (Å²) in [6.07, 6.45) is 0.463. The van der Waals surface area contributed by atoms with Crippen molar-refractivity contribution in [3.05, 3.63) is 54.1 Å². The van der Waals surface area contributed by atoms with Gasteiger partial charge in [-0.15, -0.1) is 0 Å². The SMILES string of the molecule is CC(C)CN(C[C@@H](O)[C@H](Cc1ccccc1)NC(=O)O[C@@H]1CC2CCOC2C1)S(=O)(=O)c1cc(O)cc(O)c1. The zero-order valence-electron chi connectivity index (χ0n) is 22.3. The van der Waals surface area contributed by atoms with E-state index >= 15 is 0 Å². The van der Waals surface area contributed by atoms with Crippen LogP contribution in [0.3, 0.4) is 0 Å². The molecular formula is C28H38N2O8S. The molecule has 214 valence electrons. The van der Waals surface area contributed by atoms with E-state index in [1.54, 1.807) is 0 Å². The van der Waals surface area contributed by atoms with Crippen LogP contribution in [0.2, 0.25) is 0 Å². The Hall–Kier alpha value is -2.86. The summed E-state index contributed by atoms with van der Waals surface area (Å²) in [5.74, 6) is -0.495. The molecule has 1 saturated heterocycles. The topological polar surface area (TPSA) is 146 Å². The Morgan fingerprint density at radius 1 is 1.10 bits per heavy atom. The number of aliphatic hydroxyl groups excluding tert-OH is 1. The van der Waals surface area contributed by atoms with Crippen LogP contribution in [0.25, 0.3) is 0 Å². The van der Waals surface area contributed by atoms with Crippen LogP contribution >= 0.6 is 0 Å². The lowest BCUT2D eigenvalue weighted by atomic mass is 10.0. The number of fused-ring (bicyclic) bond motifs is 1. The van der Waals surface area contributed by atoms with Crippen molar-refractivity contribution in [3.63, 3.8) is 0 Å². The number of alkyl carbamates (subject to hydrolysis) is 1. The highest BCUT2D eigenvalue weighted by molar-refractivity contribution is 7.89. The normalized spacial score (nSPS) is 22.5. The summed E-state index contributed by atoms with van der Waals surface area (Å²) >= 11 is 0. The number of sulfonamides is 1. The Morgan fingerprint density at radius 2 is 1.79 bits per heavy atom. The molecule has 11 heteroatoms. The third-order valence-electron chi connectivity index (χ3n) is 7.22. The van der Waals surface area contributed by atoms with Gasteiger partial charge < -0.3 is 30.1 Å². The number of nitrogens with one attached hydrogen (secondary N) is 1. The predicted molar refractivity (Wildman–Crippen MR) is 144 cm³/mol. The highest BCUT2D eigenvalue weighted by Gasteiger charge is 2.40. The third-order valence-corrected chi connectivity index (χ3v) is 9.03. The van der Waals surface area contributed by atoms with Crippen molar-refractivity contribution in [2.24, 2.45) is 11.8 Å². The number of hydrogen-bond donors (Lipinski definition) is 4. The van der Waals surface area contributed by atoms with Crippen LogP contribution in [0.4, 0.5) is 4.79 Å². The first-order chi connectivity index (χ1) is 18.5. The Bertz CT molecular complexity index is 1190. The van der Waals surface area contributed by atoms with Gasteiger partial charge in [-0.25, -0.2) is 13.2 Å². The average molecular weight is 563 g/mol. The molecular weight excluding hydrogens is 524 g/mol. The number of ether oxygens (including phenoxy) is 2. The monoisotopic (exact) mass is 562 g/mol. The molecule has 1 aliphatic carbocycles. The van der Waals surface area contributed by atoms with Gasteiger partial charge in [0.25, 0.3) is 0 Å². The maximum absolute atomic E-state index is 13.5. The molecule has 0 bridgehead atoms. The molecule has 0 aromatic heterocycles. The van der Waals surface area contributed by atoms with E-state index < -0.39 is 39.8 Å². The summed E-state index contributed by atoms with van der Waals surface area (Å²) in [7, 11) is -4.20. The first-order valence-electron chi connectivity index (χ1n) is 13.3. The van der Waals surface area contributed by atoms with Crippen LogP contribution in [0.5, 0.6) is 11.5 Å². The molecule has 1 aliphatic heterocycles. The lowest BCUT2D eigenvalue weighted by Gasteiger charge is -2.31. The first-order valence-corrected chi connectivity index (χ1v) is 14.8. The quantitative estimate of drug-likeness (QED) is 0.327. The largest absolute Gasteiger partial charge is 0.508 e. The predicted octanol–water partition coefficient (Wildman–Crippen LogP) is 3.01. The van der Waals surface area contributed by atoms with E-state index in [1.165, 1.54) is 0 Å². The number of carbonyl (C=O) groups excluding carboxylic acids is 1. The minimum absolute atomic E-state index is 0.0726. The van der Waals surface area contributed by atoms with Gasteiger partial charge in [-0.3, -0.25) is 0 Å². The third kappa shape index (κ3) is 7.63. The van der Waals surface area contributed by atoms with Crippen LogP contribution in [0, 0.1) is 11.8 Å². The Labute approximate surface area is 229 Å². The summed E-state index contributed by atoms with van der Waals surface area (Å²) < 4.78 is 39.5. The second kappa shape index (κ2) is 12.5. The molecule has 2 aromatic rings. The zero-order chi connectivity index (χ0) is 28.2. The number of rotatable bonds is 11. The van der Waals surface area contributed by atoms with Crippen molar-refractivity contribution < 1.29 is 38.0 Å². The summed E-state index contributed by atoms with van der Waals surface area (Å²) in [5.41, 5.74) is 0.849. The summed E-state index contributed by atoms with van der Waals surface area (Å²) in [4.78, 5) is 12.6. The minimum atomic E-state index is -4.20. The van der Waals surface area contributed by atoms with Crippen LogP contribution in [-0.2, 0) is 25.9 Å². The van der Waals surface area contributed by atoms with E-state index in [2.05, 4.69) is 5.32 Å². The molecule has 4 N–H and O–H groups in total. The van der Waals surface area contributed by atoms with E-state index in [-0.39, 0.29) is 42.5 Å². The Balaban J connectivity index is 1.51. The van der Waals surface area contributed by atoms with Crippen molar-refractivity contribution in [1.82, 2.24) is 9.62 Å². The van der Waals surface area contributed by atoms with E-state index in [9.17, 15) is 28.5 Å². The van der Waals surface area contributed by atoms with Crippen LogP contribution in [-0.4, -0.2) is 78.2 Å². The number of phenols is 2. The number of amides is 1. The second-order valence-corrected chi connectivity index (χ2v) is 12.8. The number of phenolic OH excluding ortho intramolecular Hbond substituents is 2. The molecule has 0 spiro atoms. The fraction of sp³-hybridized carbons (Fsp3) is 0.536. The lowest BCUT2D eigenvalue weighted by Crippen LogP contribution is -2.51. The van der Waals surface area contributed by atoms with Gasteiger partial charge in [0.1, 0.15) is 17.6 Å². The van der Waals surface area contributed by atoms with E-state index in [0.717, 1.165) is 47.5 Å². The van der Waals surface area contributed by atoms with Gasteiger partial charge in [-0.05, 0) is 36.7 Å². The van der Waals surface area contributed by atoms with Crippen LogP contribution < -0.4 is 5.32 Å². The standard InChI is InChI=1S/C28H38N2O8S/c1-18(2)16-30(39(35,36)24-13-21(31)12-22(32)14-24)17-26(33)25(10-19-6-4-3-5-7-19)29-28(34)38-23-11-20-8-9-37-27(20)15-23/h3-7,12-14,18,20,23,25-27,31-33H,8-11,15-17H2,1-2H3,(H,29,34)/t20?,23-,25+,26-,27?/m1/s1. The van der Waals surface area contributed by atoms with Crippen LogP contribution in [0.15, 0.2) is 53.4 Å². The van der Waals surface area contributed by atoms with Gasteiger partial charge in [0.15, 0.2) is 0 Å². The summed E-state index contributed by atoms with van der Waals surface area (Å²) in [5, 5.41) is 33.8. The average Bonchev–Trinajstić information content (AvgIpc) is 3.45. The molecule has 2 fully saturated rings. The molecule has 39 heavy (non-hydrogen) atoms. The zero-order valence-corrected chi connectivity index (χ0v) is 23.1. The molecule has 1 heterocycles. The van der Waals surface area contributed by atoms with Crippen LogP contribution in [0.1, 0.15) is 38.7 Å². The number of benzene rings is 2. The molecule has 10 nitrogen and oxygen atoms in total. The highest BCUT2D eigenvalue weighted by Crippen LogP contribution is 2.37. The van der Waals surface area contributed by atoms with E-state index in [4.69, 9.17) is 9.47 Å². The van der Waals surface area contributed by atoms with Gasteiger partial charge in [0.05, 0.1) is 23.1 Å². The molecule has 4 rings (SSSR count). The fourth-order valence-corrected chi connectivity index (χ4v) is 7.06. The smallest absolute Gasteiger partial charge is 0.407 e. The van der Waals surface area contributed by atoms with Crippen molar-refractivity contribution in [2.75, 3.05) is 19.7 Å². The number of carbonyl (C=O) groups is 1. The molecule has 5 atom stereocenters. The molecule has 1 amide bonds. The lowest BCUT2D eigenvalue weighted by molar-refractivity contribution is 0.0554. The molecule has 0 radical (unpaired) electrons. The molecule has 1 saturated carbocycles. The van der Waals surface area contributed by atoms with Gasteiger partial charge in [0, 0.05) is 44.3 Å². The van der Waals surface area contributed by atoms with Crippen molar-refractivity contribution in [3.8, 4) is 11.5 Å². The van der Waals surface area contributed by atoms with Gasteiger partial charge >= 0.3 is 6.09 Å². The fourth-order valence-electron chi connectivity index (χ4n) is 5.38. The maximum Gasteiger partial charge on any atom is 0.407 e. The Kier molecular flexibility index (Phi) is 9.37. The van der Waals surface area contributed by atoms with Crippen molar-refractivity contribution in [2.45, 2.75) is 68.8 Å². The molecule has 2 unspecified atom stereocenters. The van der Waals surface area contributed by atoms with Gasteiger partial charge in [-0.2, -0.15) is 4.31 Å². The van der Waals surface area contributed by atoms with Gasteiger partial charge in [-0.1, -0.05) is 44.2 Å². The second-order valence-electron chi connectivity index (χ2n) is 10.9. The number of aliphatic hydroxyl groups is 1. The first kappa shape index (κ1) is 29.1. The Morgan fingerprint density at radius 3 is 2.44 bits per heavy atom. The summed E-state index contributed by atoms with van der Waals surface area (Å²) in [6, 6.07) is 11.6. The van der Waals surface area contributed by atoms with E-state index in [1.807, 2.05) is 44.2 Å². The maximum atomic E-state index is 13.5. The summed E-state index contributed by atoms with van der Waals surface area (Å²) in [6.45, 7) is 4.16. The van der Waals surface area contributed by atoms with Crippen molar-refractivity contribution in [1.29, 1.82) is 0 Å². The number of aromatic hydroxyl groups is 2. The molecule has 2 aromatic carbocycles. The minimum Gasteiger partial charge on any atom is -0.508 e. The van der Waals surface area contributed by atoms with E-state index in [0.29, 0.717) is 12.3 Å². The number of nitrogens with zero attached hydrogens (tertiary/aromatic N) is 1. The van der Waals surface area contributed by atoms with Crippen molar-refractivity contribution >= 4 is 16.1 Å². The number of hydrogen-bond acceptors (Lipinski definition) is 8. The van der Waals surface area contributed by atoms with Gasteiger partial charge in [0.2, 0.25) is 10.0 Å². The molecule has 2 aliphatic rings.